The molecule has 0 aliphatic carbocycles. The first-order chi connectivity index (χ1) is 9.78. The number of nitrogens with zero attached hydrogens (tertiary/aromatic N) is 2. The molecule has 0 radical (unpaired) electrons. The van der Waals surface area contributed by atoms with E-state index in [4.69, 9.17) is 9.47 Å². The smallest absolute Gasteiger partial charge is 0.156 e. The van der Waals surface area contributed by atoms with Crippen molar-refractivity contribution in [2.24, 2.45) is 0 Å². The second kappa shape index (κ2) is 7.45. The zero-order valence-corrected chi connectivity index (χ0v) is 11.8. The summed E-state index contributed by atoms with van der Waals surface area (Å²) in [6.45, 7) is 3.33. The summed E-state index contributed by atoms with van der Waals surface area (Å²) in [5, 5.41) is 3.00. The van der Waals surface area contributed by atoms with Crippen molar-refractivity contribution in [2.75, 3.05) is 25.6 Å². The fraction of sp³-hybridized carbons (Fsp3) is 0.333. The molecule has 0 fully saturated rings. The molecule has 0 aliphatic heterocycles. The zero-order valence-electron chi connectivity index (χ0n) is 11.8. The number of aromatic nitrogens is 2. The Morgan fingerprint density at radius 3 is 2.65 bits per heavy atom. The Bertz CT molecular complexity index is 532. The lowest BCUT2D eigenvalue weighted by Gasteiger charge is -2.08. The molecular formula is C15H19N3O2. The fourth-order valence-corrected chi connectivity index (χ4v) is 1.72. The second-order valence-electron chi connectivity index (χ2n) is 4.27. The molecular weight excluding hydrogens is 254 g/mol. The molecule has 1 aromatic heterocycles. The van der Waals surface area contributed by atoms with Gasteiger partial charge in [0.1, 0.15) is 24.8 Å². The predicted molar refractivity (Wildman–Crippen MR) is 77.9 cm³/mol. The summed E-state index contributed by atoms with van der Waals surface area (Å²) in [4.78, 5) is 8.64. The number of ether oxygens (including phenoxy) is 2. The van der Waals surface area contributed by atoms with Gasteiger partial charge in [-0.3, -0.25) is 0 Å². The number of nitrogens with one attached hydrogen (secondary N) is 1. The van der Waals surface area contributed by atoms with Crippen molar-refractivity contribution < 1.29 is 9.47 Å². The fourth-order valence-electron chi connectivity index (χ4n) is 1.72. The van der Waals surface area contributed by atoms with Crippen molar-refractivity contribution >= 4 is 5.82 Å². The van der Waals surface area contributed by atoms with Gasteiger partial charge in [0.2, 0.25) is 0 Å². The van der Waals surface area contributed by atoms with Crippen molar-refractivity contribution in [1.29, 1.82) is 0 Å². The van der Waals surface area contributed by atoms with Crippen molar-refractivity contribution in [3.05, 3.63) is 47.9 Å². The van der Waals surface area contributed by atoms with E-state index >= 15 is 0 Å². The Hall–Kier alpha value is -2.14. The van der Waals surface area contributed by atoms with Gasteiger partial charge in [-0.25, -0.2) is 9.97 Å². The molecule has 0 saturated heterocycles. The largest absolute Gasteiger partial charge is 0.491 e. The lowest BCUT2D eigenvalue weighted by molar-refractivity contribution is 0.0848. The Kier molecular flexibility index (Phi) is 5.32. The quantitative estimate of drug-likeness (QED) is 0.785. The number of aryl methyl sites for hydroxylation is 1. The van der Waals surface area contributed by atoms with Crippen LogP contribution in [0.15, 0.2) is 36.4 Å². The van der Waals surface area contributed by atoms with E-state index in [1.807, 2.05) is 50.4 Å². The van der Waals surface area contributed by atoms with Gasteiger partial charge in [0.25, 0.3) is 0 Å². The number of anilines is 1. The molecule has 2 aromatic rings. The highest BCUT2D eigenvalue weighted by Gasteiger charge is 2.01. The van der Waals surface area contributed by atoms with Gasteiger partial charge in [-0.1, -0.05) is 18.2 Å². The lowest BCUT2D eigenvalue weighted by Crippen LogP contribution is -2.09. The maximum absolute atomic E-state index is 5.53. The van der Waals surface area contributed by atoms with Crippen LogP contribution < -0.4 is 10.1 Å². The van der Waals surface area contributed by atoms with Crippen molar-refractivity contribution in [1.82, 2.24) is 9.97 Å². The normalized spacial score (nSPS) is 10.3. The summed E-state index contributed by atoms with van der Waals surface area (Å²) in [6, 6.07) is 11.6. The minimum atomic E-state index is 0.383. The molecule has 0 aliphatic rings. The first-order valence-corrected chi connectivity index (χ1v) is 6.56. The van der Waals surface area contributed by atoms with Gasteiger partial charge in [-0.05, 0) is 19.1 Å². The molecule has 0 saturated carbocycles. The van der Waals surface area contributed by atoms with Crippen LogP contribution in [0.5, 0.6) is 5.75 Å². The molecule has 20 heavy (non-hydrogen) atoms. The minimum Gasteiger partial charge on any atom is -0.491 e. The molecule has 0 spiro atoms. The van der Waals surface area contributed by atoms with Crippen LogP contribution in [0.3, 0.4) is 0 Å². The topological polar surface area (TPSA) is 56.3 Å². The van der Waals surface area contributed by atoms with Gasteiger partial charge in [0.05, 0.1) is 6.61 Å². The molecule has 1 heterocycles. The SMILES string of the molecule is CNc1cc(C)nc(COCCOc2ccccc2)n1. The molecule has 106 valence electrons. The summed E-state index contributed by atoms with van der Waals surface area (Å²) in [6.07, 6.45) is 0. The first kappa shape index (κ1) is 14.3. The number of para-hydroxylation sites is 1. The van der Waals surface area contributed by atoms with Crippen LogP contribution in [-0.2, 0) is 11.3 Å². The first-order valence-electron chi connectivity index (χ1n) is 6.56. The Balaban J connectivity index is 1.72. The maximum atomic E-state index is 5.53. The van der Waals surface area contributed by atoms with Gasteiger partial charge >= 0.3 is 0 Å². The summed E-state index contributed by atoms with van der Waals surface area (Å²) in [5.74, 6) is 2.33. The number of benzene rings is 1. The number of hydrogen-bond donors (Lipinski definition) is 1. The van der Waals surface area contributed by atoms with Crippen LogP contribution in [0.4, 0.5) is 5.82 Å². The highest BCUT2D eigenvalue weighted by Crippen LogP contribution is 2.08. The molecule has 1 N–H and O–H groups in total. The minimum absolute atomic E-state index is 0.383. The van der Waals surface area contributed by atoms with Crippen LogP contribution in [0.2, 0.25) is 0 Å². The predicted octanol–water partition coefficient (Wildman–Crippen LogP) is 2.42. The van der Waals surface area contributed by atoms with Crippen molar-refractivity contribution in [3.8, 4) is 5.75 Å². The summed E-state index contributed by atoms with van der Waals surface area (Å²) < 4.78 is 11.1. The van der Waals surface area contributed by atoms with Gasteiger partial charge in [0.15, 0.2) is 5.82 Å². The van der Waals surface area contributed by atoms with E-state index in [1.54, 1.807) is 0 Å². The number of rotatable bonds is 7. The summed E-state index contributed by atoms with van der Waals surface area (Å²) in [7, 11) is 1.83. The Labute approximate surface area is 119 Å². The van der Waals surface area contributed by atoms with E-state index in [0.717, 1.165) is 17.3 Å². The third kappa shape index (κ3) is 4.51. The molecule has 1 aromatic carbocycles. The van der Waals surface area contributed by atoms with Gasteiger partial charge < -0.3 is 14.8 Å². The van der Waals surface area contributed by atoms with Crippen LogP contribution in [0.1, 0.15) is 11.5 Å². The molecule has 5 nitrogen and oxygen atoms in total. The van der Waals surface area contributed by atoms with E-state index in [1.165, 1.54) is 0 Å². The molecule has 0 atom stereocenters. The molecule has 5 heteroatoms. The van der Waals surface area contributed by atoms with Gasteiger partial charge in [-0.15, -0.1) is 0 Å². The zero-order chi connectivity index (χ0) is 14.2. The lowest BCUT2D eigenvalue weighted by atomic mass is 10.3. The standard InChI is InChI=1S/C15H19N3O2/c1-12-10-14(16-2)18-15(17-12)11-19-8-9-20-13-6-4-3-5-7-13/h3-7,10H,8-9,11H2,1-2H3,(H,16,17,18). The maximum Gasteiger partial charge on any atom is 0.156 e. The Morgan fingerprint density at radius 1 is 1.10 bits per heavy atom. The van der Waals surface area contributed by atoms with E-state index in [9.17, 15) is 0 Å². The van der Waals surface area contributed by atoms with Crippen molar-refractivity contribution in [3.63, 3.8) is 0 Å². The Morgan fingerprint density at radius 2 is 1.90 bits per heavy atom. The van der Waals surface area contributed by atoms with E-state index in [-0.39, 0.29) is 0 Å². The van der Waals surface area contributed by atoms with E-state index in [0.29, 0.717) is 25.6 Å². The van der Waals surface area contributed by atoms with E-state index in [2.05, 4.69) is 15.3 Å². The summed E-state index contributed by atoms with van der Waals surface area (Å²) in [5.41, 5.74) is 0.920. The third-order valence-corrected chi connectivity index (χ3v) is 2.63. The average molecular weight is 273 g/mol. The molecule has 0 amide bonds. The average Bonchev–Trinajstić information content (AvgIpc) is 2.47. The van der Waals surface area contributed by atoms with Crippen LogP contribution in [-0.4, -0.2) is 30.2 Å². The van der Waals surface area contributed by atoms with Crippen LogP contribution in [0, 0.1) is 6.92 Å². The highest BCUT2D eigenvalue weighted by molar-refractivity contribution is 5.34. The van der Waals surface area contributed by atoms with Crippen LogP contribution in [0.25, 0.3) is 0 Å². The monoisotopic (exact) mass is 273 g/mol. The molecule has 0 unspecified atom stereocenters. The van der Waals surface area contributed by atoms with Crippen LogP contribution >= 0.6 is 0 Å². The molecule has 2 rings (SSSR count). The third-order valence-electron chi connectivity index (χ3n) is 2.63. The molecule has 0 bridgehead atoms. The van der Waals surface area contributed by atoms with Crippen molar-refractivity contribution in [2.45, 2.75) is 13.5 Å². The van der Waals surface area contributed by atoms with Gasteiger partial charge in [0, 0.05) is 18.8 Å². The summed E-state index contributed by atoms with van der Waals surface area (Å²) >= 11 is 0. The van der Waals surface area contributed by atoms with Gasteiger partial charge in [-0.2, -0.15) is 0 Å². The second-order valence-corrected chi connectivity index (χ2v) is 4.27. The highest BCUT2D eigenvalue weighted by atomic mass is 16.5. The number of hydrogen-bond acceptors (Lipinski definition) is 5. The van der Waals surface area contributed by atoms with E-state index < -0.39 is 0 Å².